The normalized spacial score (nSPS) is 18.4. The lowest BCUT2D eigenvalue weighted by molar-refractivity contribution is -0.129. The number of aromatic nitrogens is 2. The monoisotopic (exact) mass is 330 g/mol. The Balaban J connectivity index is 1.99. The van der Waals surface area contributed by atoms with Gasteiger partial charge in [0.2, 0.25) is 5.91 Å². The van der Waals surface area contributed by atoms with Crippen molar-refractivity contribution in [2.24, 2.45) is 5.73 Å². The number of hydrogen-bond donors (Lipinski definition) is 1. The lowest BCUT2D eigenvalue weighted by atomic mass is 10.2. The van der Waals surface area contributed by atoms with E-state index >= 15 is 0 Å². The van der Waals surface area contributed by atoms with Crippen LogP contribution in [-0.2, 0) is 16.1 Å². The van der Waals surface area contributed by atoms with Crippen molar-refractivity contribution in [1.29, 1.82) is 0 Å². The number of hydrogen-bond acceptors (Lipinski definition) is 5. The molecule has 1 saturated heterocycles. The van der Waals surface area contributed by atoms with E-state index < -0.39 is 17.7 Å². The first-order valence-corrected chi connectivity index (χ1v) is 7.98. The molecule has 0 radical (unpaired) electrons. The fourth-order valence-corrected chi connectivity index (χ4v) is 2.86. The third kappa shape index (κ3) is 3.12. The van der Waals surface area contributed by atoms with Crippen LogP contribution in [0.1, 0.15) is 32.9 Å². The number of likely N-dealkylation sites (tertiary alicyclic amines) is 1. The van der Waals surface area contributed by atoms with Gasteiger partial charge in [-0.05, 0) is 39.3 Å². The SMILES string of the molecule is CC(C)(C)OC(=O)n1c(CN2CC[C@H](N)C2=O)cc2ccncc21. The van der Waals surface area contributed by atoms with Crippen LogP contribution >= 0.6 is 0 Å². The molecule has 1 amide bonds. The van der Waals surface area contributed by atoms with Crippen LogP contribution in [0.25, 0.3) is 10.9 Å². The molecule has 2 aromatic rings. The van der Waals surface area contributed by atoms with Gasteiger partial charge < -0.3 is 15.4 Å². The fourth-order valence-electron chi connectivity index (χ4n) is 2.86. The van der Waals surface area contributed by atoms with Crippen LogP contribution in [0.5, 0.6) is 0 Å². The zero-order valence-electron chi connectivity index (χ0n) is 14.2. The Labute approximate surface area is 140 Å². The Morgan fingerprint density at radius 1 is 1.46 bits per heavy atom. The highest BCUT2D eigenvalue weighted by molar-refractivity contribution is 5.91. The molecule has 7 heteroatoms. The molecule has 1 atom stereocenters. The maximum absolute atomic E-state index is 12.7. The number of ether oxygens (including phenoxy) is 1. The molecule has 3 heterocycles. The highest BCUT2D eigenvalue weighted by atomic mass is 16.6. The number of pyridine rings is 1. The number of amides is 1. The number of rotatable bonds is 2. The second kappa shape index (κ2) is 5.90. The number of carbonyl (C=O) groups excluding carboxylic acids is 2. The summed E-state index contributed by atoms with van der Waals surface area (Å²) in [7, 11) is 0. The van der Waals surface area contributed by atoms with Crippen LogP contribution in [0, 0.1) is 0 Å². The summed E-state index contributed by atoms with van der Waals surface area (Å²) in [5.74, 6) is -0.0888. The van der Waals surface area contributed by atoms with E-state index in [1.165, 1.54) is 4.57 Å². The number of nitrogens with zero attached hydrogens (tertiary/aromatic N) is 3. The minimum atomic E-state index is -0.612. The summed E-state index contributed by atoms with van der Waals surface area (Å²) in [6.45, 7) is 6.36. The van der Waals surface area contributed by atoms with Gasteiger partial charge in [-0.3, -0.25) is 9.78 Å². The van der Waals surface area contributed by atoms with Crippen molar-refractivity contribution in [3.63, 3.8) is 0 Å². The molecule has 1 aliphatic rings. The van der Waals surface area contributed by atoms with Crippen LogP contribution in [0.2, 0.25) is 0 Å². The van der Waals surface area contributed by atoms with Gasteiger partial charge in [-0.2, -0.15) is 0 Å². The molecule has 0 aromatic carbocycles. The van der Waals surface area contributed by atoms with E-state index in [0.29, 0.717) is 30.7 Å². The molecule has 128 valence electrons. The van der Waals surface area contributed by atoms with E-state index in [-0.39, 0.29) is 5.91 Å². The second-order valence-corrected chi connectivity index (χ2v) is 7.04. The van der Waals surface area contributed by atoms with E-state index in [1.54, 1.807) is 17.3 Å². The Morgan fingerprint density at radius 2 is 2.21 bits per heavy atom. The summed E-state index contributed by atoms with van der Waals surface area (Å²) in [4.78, 5) is 30.5. The van der Waals surface area contributed by atoms with E-state index in [4.69, 9.17) is 10.5 Å². The topological polar surface area (TPSA) is 90.5 Å². The quantitative estimate of drug-likeness (QED) is 0.908. The van der Waals surface area contributed by atoms with Gasteiger partial charge in [0.1, 0.15) is 5.60 Å². The first-order chi connectivity index (χ1) is 11.3. The molecule has 1 fully saturated rings. The van der Waals surface area contributed by atoms with Gasteiger partial charge in [0, 0.05) is 23.8 Å². The number of carbonyl (C=O) groups is 2. The molecule has 0 aliphatic carbocycles. The highest BCUT2D eigenvalue weighted by Crippen LogP contribution is 2.23. The summed E-state index contributed by atoms with van der Waals surface area (Å²) in [6, 6.07) is 3.26. The second-order valence-electron chi connectivity index (χ2n) is 7.04. The fraction of sp³-hybridized carbons (Fsp3) is 0.471. The van der Waals surface area contributed by atoms with Gasteiger partial charge >= 0.3 is 6.09 Å². The molecule has 7 nitrogen and oxygen atoms in total. The van der Waals surface area contributed by atoms with Crippen molar-refractivity contribution in [2.75, 3.05) is 6.54 Å². The maximum atomic E-state index is 12.7. The minimum absolute atomic E-state index is 0.0888. The van der Waals surface area contributed by atoms with Crippen molar-refractivity contribution in [1.82, 2.24) is 14.5 Å². The molecular formula is C17H22N4O3. The summed E-state index contributed by atoms with van der Waals surface area (Å²) >= 11 is 0. The van der Waals surface area contributed by atoms with E-state index in [0.717, 1.165) is 5.39 Å². The van der Waals surface area contributed by atoms with Crippen molar-refractivity contribution < 1.29 is 14.3 Å². The third-order valence-corrected chi connectivity index (χ3v) is 3.95. The molecule has 1 aliphatic heterocycles. The highest BCUT2D eigenvalue weighted by Gasteiger charge is 2.30. The molecule has 0 spiro atoms. The molecule has 3 rings (SSSR count). The smallest absolute Gasteiger partial charge is 0.419 e. The zero-order chi connectivity index (χ0) is 17.5. The van der Waals surface area contributed by atoms with Gasteiger partial charge in [0.25, 0.3) is 0 Å². The number of nitrogens with two attached hydrogens (primary N) is 1. The maximum Gasteiger partial charge on any atom is 0.419 e. The van der Waals surface area contributed by atoms with E-state index in [1.807, 2.05) is 32.9 Å². The van der Waals surface area contributed by atoms with Crippen molar-refractivity contribution in [3.8, 4) is 0 Å². The van der Waals surface area contributed by atoms with Crippen molar-refractivity contribution in [2.45, 2.75) is 45.4 Å². The van der Waals surface area contributed by atoms with Gasteiger partial charge in [0.15, 0.2) is 0 Å². The van der Waals surface area contributed by atoms with Crippen molar-refractivity contribution >= 4 is 22.9 Å². The molecule has 2 aromatic heterocycles. The molecule has 0 unspecified atom stereocenters. The standard InChI is InChI=1S/C17H22N4O3/c1-17(2,3)24-16(23)21-12(8-11-4-6-19-9-14(11)21)10-20-7-5-13(18)15(20)22/h4,6,8-9,13H,5,7,10,18H2,1-3H3/t13-/m0/s1. The molecule has 24 heavy (non-hydrogen) atoms. The molecule has 0 bridgehead atoms. The average Bonchev–Trinajstić information content (AvgIpc) is 3.00. The number of fused-ring (bicyclic) bond motifs is 1. The summed E-state index contributed by atoms with van der Waals surface area (Å²) in [6.07, 6.45) is 3.45. The van der Waals surface area contributed by atoms with E-state index in [9.17, 15) is 9.59 Å². The Bertz CT molecular complexity index is 791. The van der Waals surface area contributed by atoms with Gasteiger partial charge in [-0.15, -0.1) is 0 Å². The van der Waals surface area contributed by atoms with Crippen LogP contribution in [-0.4, -0.2) is 44.6 Å². The van der Waals surface area contributed by atoms with Crippen LogP contribution < -0.4 is 5.73 Å². The van der Waals surface area contributed by atoms with Gasteiger partial charge in [-0.1, -0.05) is 0 Å². The summed E-state index contributed by atoms with van der Waals surface area (Å²) in [5, 5.41) is 0.877. The summed E-state index contributed by atoms with van der Waals surface area (Å²) in [5.41, 5.74) is 6.52. The first-order valence-electron chi connectivity index (χ1n) is 7.98. The first kappa shape index (κ1) is 16.4. The largest absolute Gasteiger partial charge is 0.443 e. The van der Waals surface area contributed by atoms with Crippen LogP contribution in [0.4, 0.5) is 4.79 Å². The molecule has 0 saturated carbocycles. The van der Waals surface area contributed by atoms with Crippen LogP contribution in [0.15, 0.2) is 24.5 Å². The Kier molecular flexibility index (Phi) is 4.04. The van der Waals surface area contributed by atoms with Gasteiger partial charge in [0.05, 0.1) is 24.3 Å². The van der Waals surface area contributed by atoms with E-state index in [2.05, 4.69) is 4.98 Å². The summed E-state index contributed by atoms with van der Waals surface area (Å²) < 4.78 is 7.00. The van der Waals surface area contributed by atoms with Crippen LogP contribution in [0.3, 0.4) is 0 Å². The lowest BCUT2D eigenvalue weighted by Crippen LogP contribution is -2.35. The van der Waals surface area contributed by atoms with Gasteiger partial charge in [-0.25, -0.2) is 9.36 Å². The Morgan fingerprint density at radius 3 is 2.83 bits per heavy atom. The zero-order valence-corrected chi connectivity index (χ0v) is 14.2. The Hall–Kier alpha value is -2.41. The molecule has 2 N–H and O–H groups in total. The van der Waals surface area contributed by atoms with Crippen molar-refractivity contribution in [3.05, 3.63) is 30.2 Å². The predicted octanol–water partition coefficient (Wildman–Crippen LogP) is 1.88. The minimum Gasteiger partial charge on any atom is -0.443 e. The average molecular weight is 330 g/mol. The lowest BCUT2D eigenvalue weighted by Gasteiger charge is -2.22. The third-order valence-electron chi connectivity index (χ3n) is 3.95. The molecular weight excluding hydrogens is 308 g/mol. The predicted molar refractivity (Wildman–Crippen MR) is 89.4 cm³/mol.